The standard InChI is InChI=1S/C15H15F2N3/c16-13-7-4-8-14(17)12(13)9-10-19-15(18)20-11-5-2-1-3-6-11/h1-8H,9-10H2,(H3,18,19,20). The molecule has 2 aromatic carbocycles. The lowest BCUT2D eigenvalue weighted by molar-refractivity contribution is 0.556. The first-order valence-corrected chi connectivity index (χ1v) is 6.21. The van der Waals surface area contributed by atoms with Crippen molar-refractivity contribution < 1.29 is 8.78 Å². The molecule has 5 heteroatoms. The molecule has 0 amide bonds. The summed E-state index contributed by atoms with van der Waals surface area (Å²) in [5, 5.41) is 2.90. The summed E-state index contributed by atoms with van der Waals surface area (Å²) in [6, 6.07) is 13.1. The van der Waals surface area contributed by atoms with Crippen molar-refractivity contribution in [3.05, 3.63) is 65.7 Å². The zero-order chi connectivity index (χ0) is 14.4. The normalized spacial score (nSPS) is 11.4. The van der Waals surface area contributed by atoms with Gasteiger partial charge in [-0.3, -0.25) is 4.99 Å². The molecule has 0 heterocycles. The largest absolute Gasteiger partial charge is 0.370 e. The van der Waals surface area contributed by atoms with Gasteiger partial charge < -0.3 is 11.1 Å². The van der Waals surface area contributed by atoms with Crippen molar-refractivity contribution in [3.8, 4) is 0 Å². The molecular formula is C15H15F2N3. The Labute approximate surface area is 116 Å². The molecule has 0 saturated carbocycles. The molecule has 0 radical (unpaired) electrons. The number of rotatable bonds is 4. The summed E-state index contributed by atoms with van der Waals surface area (Å²) in [6.45, 7) is 0.212. The van der Waals surface area contributed by atoms with Crippen LogP contribution in [0, 0.1) is 11.6 Å². The number of nitrogens with zero attached hydrogens (tertiary/aromatic N) is 1. The average molecular weight is 275 g/mol. The van der Waals surface area contributed by atoms with Gasteiger partial charge in [-0.05, 0) is 30.7 Å². The zero-order valence-corrected chi connectivity index (χ0v) is 10.8. The number of guanidine groups is 1. The number of halogens is 2. The van der Waals surface area contributed by atoms with Crippen LogP contribution in [0.1, 0.15) is 5.56 Å². The number of anilines is 1. The van der Waals surface area contributed by atoms with Crippen LogP contribution in [0.2, 0.25) is 0 Å². The van der Waals surface area contributed by atoms with Gasteiger partial charge in [0, 0.05) is 17.8 Å². The Bertz CT molecular complexity index is 577. The molecule has 0 aliphatic rings. The SMILES string of the molecule is NC(=NCCc1c(F)cccc1F)Nc1ccccc1. The molecule has 2 aromatic rings. The predicted molar refractivity (Wildman–Crippen MR) is 76.6 cm³/mol. The van der Waals surface area contributed by atoms with E-state index in [1.54, 1.807) is 0 Å². The zero-order valence-electron chi connectivity index (χ0n) is 10.8. The Kier molecular flexibility index (Phi) is 4.65. The van der Waals surface area contributed by atoms with E-state index in [2.05, 4.69) is 10.3 Å². The van der Waals surface area contributed by atoms with E-state index in [0.717, 1.165) is 5.69 Å². The fraction of sp³-hybridized carbons (Fsp3) is 0.133. The maximum atomic E-state index is 13.4. The van der Waals surface area contributed by atoms with Gasteiger partial charge in [0.25, 0.3) is 0 Å². The smallest absolute Gasteiger partial charge is 0.193 e. The fourth-order valence-electron chi connectivity index (χ4n) is 1.77. The fourth-order valence-corrected chi connectivity index (χ4v) is 1.77. The monoisotopic (exact) mass is 275 g/mol. The molecule has 0 aliphatic heterocycles. The molecule has 0 aliphatic carbocycles. The highest BCUT2D eigenvalue weighted by atomic mass is 19.1. The number of hydrogen-bond acceptors (Lipinski definition) is 1. The van der Waals surface area contributed by atoms with Crippen LogP contribution in [0.4, 0.5) is 14.5 Å². The minimum absolute atomic E-state index is 0.0313. The second-order valence-corrected chi connectivity index (χ2v) is 4.21. The average Bonchev–Trinajstić information content (AvgIpc) is 2.43. The molecule has 104 valence electrons. The third-order valence-electron chi connectivity index (χ3n) is 2.75. The lowest BCUT2D eigenvalue weighted by Crippen LogP contribution is -2.23. The van der Waals surface area contributed by atoms with Gasteiger partial charge in [-0.25, -0.2) is 8.78 Å². The molecule has 0 bridgehead atoms. The van der Waals surface area contributed by atoms with E-state index in [4.69, 9.17) is 5.73 Å². The number of nitrogens with one attached hydrogen (secondary N) is 1. The Morgan fingerprint density at radius 2 is 1.65 bits per heavy atom. The molecule has 0 spiro atoms. The lowest BCUT2D eigenvalue weighted by Gasteiger charge is -2.06. The van der Waals surface area contributed by atoms with Crippen LogP contribution in [-0.4, -0.2) is 12.5 Å². The van der Waals surface area contributed by atoms with E-state index in [9.17, 15) is 8.78 Å². The predicted octanol–water partition coefficient (Wildman–Crippen LogP) is 2.93. The minimum atomic E-state index is -0.560. The van der Waals surface area contributed by atoms with Crippen molar-refractivity contribution in [2.45, 2.75) is 6.42 Å². The first kappa shape index (κ1) is 14.0. The Morgan fingerprint density at radius 1 is 1.00 bits per heavy atom. The van der Waals surface area contributed by atoms with Crippen molar-refractivity contribution in [2.75, 3.05) is 11.9 Å². The molecule has 0 atom stereocenters. The van der Waals surface area contributed by atoms with Crippen LogP contribution >= 0.6 is 0 Å². The van der Waals surface area contributed by atoms with Gasteiger partial charge in [-0.1, -0.05) is 24.3 Å². The van der Waals surface area contributed by atoms with Crippen molar-refractivity contribution in [2.24, 2.45) is 10.7 Å². The van der Waals surface area contributed by atoms with Crippen molar-refractivity contribution in [3.63, 3.8) is 0 Å². The first-order valence-electron chi connectivity index (χ1n) is 6.21. The molecule has 3 N–H and O–H groups in total. The summed E-state index contributed by atoms with van der Waals surface area (Å²) >= 11 is 0. The van der Waals surface area contributed by atoms with E-state index in [0.29, 0.717) is 0 Å². The maximum Gasteiger partial charge on any atom is 0.193 e. The van der Waals surface area contributed by atoms with Gasteiger partial charge in [0.1, 0.15) is 11.6 Å². The highest BCUT2D eigenvalue weighted by Gasteiger charge is 2.07. The third-order valence-corrected chi connectivity index (χ3v) is 2.75. The van der Waals surface area contributed by atoms with Gasteiger partial charge in [-0.2, -0.15) is 0 Å². The molecule has 0 saturated heterocycles. The second-order valence-electron chi connectivity index (χ2n) is 4.21. The van der Waals surface area contributed by atoms with Crippen LogP contribution in [0.25, 0.3) is 0 Å². The molecule has 3 nitrogen and oxygen atoms in total. The molecule has 2 rings (SSSR count). The van der Waals surface area contributed by atoms with Gasteiger partial charge in [-0.15, -0.1) is 0 Å². The number of para-hydroxylation sites is 1. The summed E-state index contributed by atoms with van der Waals surface area (Å²) in [6.07, 6.45) is 0.162. The van der Waals surface area contributed by atoms with E-state index in [1.807, 2.05) is 30.3 Å². The highest BCUT2D eigenvalue weighted by Crippen LogP contribution is 2.12. The van der Waals surface area contributed by atoms with Crippen LogP contribution in [0.5, 0.6) is 0 Å². The number of hydrogen-bond donors (Lipinski definition) is 2. The summed E-state index contributed by atoms with van der Waals surface area (Å²) in [4.78, 5) is 4.05. The molecule has 20 heavy (non-hydrogen) atoms. The maximum absolute atomic E-state index is 13.4. The second kappa shape index (κ2) is 6.65. The van der Waals surface area contributed by atoms with Crippen molar-refractivity contribution in [1.29, 1.82) is 0 Å². The molecule has 0 unspecified atom stereocenters. The summed E-state index contributed by atoms with van der Waals surface area (Å²) < 4.78 is 26.8. The van der Waals surface area contributed by atoms with E-state index in [1.165, 1.54) is 18.2 Å². The Hall–Kier alpha value is -2.43. The van der Waals surface area contributed by atoms with Crippen LogP contribution in [0.15, 0.2) is 53.5 Å². The number of aliphatic imine (C=N–C) groups is 1. The van der Waals surface area contributed by atoms with Gasteiger partial charge in [0.15, 0.2) is 5.96 Å². The lowest BCUT2D eigenvalue weighted by atomic mass is 10.1. The van der Waals surface area contributed by atoms with Crippen LogP contribution in [0.3, 0.4) is 0 Å². The number of nitrogens with two attached hydrogens (primary N) is 1. The number of benzene rings is 2. The Morgan fingerprint density at radius 3 is 2.30 bits per heavy atom. The van der Waals surface area contributed by atoms with Gasteiger partial charge in [0.2, 0.25) is 0 Å². The van der Waals surface area contributed by atoms with E-state index < -0.39 is 11.6 Å². The molecule has 0 aromatic heterocycles. The van der Waals surface area contributed by atoms with E-state index >= 15 is 0 Å². The van der Waals surface area contributed by atoms with Crippen LogP contribution < -0.4 is 11.1 Å². The van der Waals surface area contributed by atoms with Crippen molar-refractivity contribution >= 4 is 11.6 Å². The highest BCUT2D eigenvalue weighted by molar-refractivity contribution is 5.92. The molecular weight excluding hydrogens is 260 g/mol. The van der Waals surface area contributed by atoms with E-state index in [-0.39, 0.29) is 24.5 Å². The minimum Gasteiger partial charge on any atom is -0.370 e. The van der Waals surface area contributed by atoms with Gasteiger partial charge >= 0.3 is 0 Å². The topological polar surface area (TPSA) is 50.4 Å². The first-order chi connectivity index (χ1) is 9.66. The van der Waals surface area contributed by atoms with Crippen LogP contribution in [-0.2, 0) is 6.42 Å². The Balaban J connectivity index is 1.93. The van der Waals surface area contributed by atoms with Gasteiger partial charge in [0.05, 0.1) is 0 Å². The van der Waals surface area contributed by atoms with Crippen molar-refractivity contribution in [1.82, 2.24) is 0 Å². The molecule has 0 fully saturated rings. The third kappa shape index (κ3) is 3.78. The summed E-state index contributed by atoms with van der Waals surface area (Å²) in [5.41, 5.74) is 6.54. The summed E-state index contributed by atoms with van der Waals surface area (Å²) in [5.74, 6) is -0.905. The summed E-state index contributed by atoms with van der Waals surface area (Å²) in [7, 11) is 0. The quantitative estimate of drug-likeness (QED) is 0.666.